The maximum absolute atomic E-state index is 11.4. The van der Waals surface area contributed by atoms with Gasteiger partial charge in [-0.2, -0.15) is 0 Å². The Labute approximate surface area is 123 Å². The van der Waals surface area contributed by atoms with E-state index in [1.54, 1.807) is 25.1 Å². The summed E-state index contributed by atoms with van der Waals surface area (Å²) in [5.74, 6) is 0.985. The van der Waals surface area contributed by atoms with Crippen LogP contribution in [0.5, 0.6) is 0 Å². The van der Waals surface area contributed by atoms with Gasteiger partial charge in [0.25, 0.3) is 0 Å². The van der Waals surface area contributed by atoms with Crippen LogP contribution in [-0.2, 0) is 4.79 Å². The van der Waals surface area contributed by atoms with Gasteiger partial charge in [-0.25, -0.2) is 4.98 Å². The predicted molar refractivity (Wildman–Crippen MR) is 80.4 cm³/mol. The lowest BCUT2D eigenvalue weighted by atomic mass is 10.3. The predicted octanol–water partition coefficient (Wildman–Crippen LogP) is 2.39. The third-order valence-electron chi connectivity index (χ3n) is 2.47. The number of hydrogen-bond donors (Lipinski definition) is 2. The first-order valence-corrected chi connectivity index (χ1v) is 6.76. The highest BCUT2D eigenvalue weighted by Crippen LogP contribution is 2.30. The van der Waals surface area contributed by atoms with E-state index in [9.17, 15) is 4.79 Å². The maximum atomic E-state index is 11.4. The van der Waals surface area contributed by atoms with E-state index in [0.29, 0.717) is 21.7 Å². The Morgan fingerprint density at radius 2 is 2.11 bits per heavy atom. The van der Waals surface area contributed by atoms with Crippen molar-refractivity contribution in [2.75, 3.05) is 37.4 Å². The fourth-order valence-corrected chi connectivity index (χ4v) is 2.03. The molecular weight excluding hydrogens is 287 g/mol. The molecule has 1 rings (SSSR count). The van der Waals surface area contributed by atoms with Crippen molar-refractivity contribution in [3.63, 3.8) is 0 Å². The van der Waals surface area contributed by atoms with Crippen molar-refractivity contribution in [3.8, 4) is 0 Å². The van der Waals surface area contributed by atoms with Crippen LogP contribution in [0, 0.1) is 0 Å². The van der Waals surface area contributed by atoms with E-state index in [4.69, 9.17) is 23.2 Å². The quantitative estimate of drug-likeness (QED) is 0.847. The van der Waals surface area contributed by atoms with Crippen LogP contribution < -0.4 is 15.5 Å². The van der Waals surface area contributed by atoms with E-state index in [1.165, 1.54) is 0 Å². The first kappa shape index (κ1) is 15.9. The van der Waals surface area contributed by atoms with Crippen molar-refractivity contribution < 1.29 is 4.79 Å². The van der Waals surface area contributed by atoms with Gasteiger partial charge < -0.3 is 15.5 Å². The zero-order chi connectivity index (χ0) is 14.4. The van der Waals surface area contributed by atoms with Crippen molar-refractivity contribution in [2.45, 2.75) is 13.3 Å². The first-order valence-electron chi connectivity index (χ1n) is 6.01. The number of carbonyl (C=O) groups is 1. The third-order valence-corrected chi connectivity index (χ3v) is 3.04. The zero-order valence-corrected chi connectivity index (χ0v) is 12.8. The smallest absolute Gasteiger partial charge is 0.239 e. The van der Waals surface area contributed by atoms with Crippen molar-refractivity contribution >= 4 is 40.7 Å². The van der Waals surface area contributed by atoms with Crippen LogP contribution in [0.25, 0.3) is 0 Å². The average Bonchev–Trinajstić information content (AvgIpc) is 2.37. The molecule has 0 unspecified atom stereocenters. The molecule has 0 aromatic carbocycles. The normalized spacial score (nSPS) is 10.2. The van der Waals surface area contributed by atoms with Gasteiger partial charge in [-0.05, 0) is 12.5 Å². The Balaban J connectivity index is 2.96. The van der Waals surface area contributed by atoms with Crippen LogP contribution in [0.15, 0.2) is 6.07 Å². The lowest BCUT2D eigenvalue weighted by Crippen LogP contribution is -2.33. The molecule has 5 nitrogen and oxygen atoms in total. The zero-order valence-electron chi connectivity index (χ0n) is 11.3. The van der Waals surface area contributed by atoms with E-state index in [1.807, 2.05) is 0 Å². The summed E-state index contributed by atoms with van der Waals surface area (Å²) in [6.07, 6.45) is 0.962. The molecule has 0 aliphatic heterocycles. The number of nitrogens with zero attached hydrogens (tertiary/aromatic N) is 2. The van der Waals surface area contributed by atoms with Crippen LogP contribution in [-0.4, -0.2) is 38.1 Å². The van der Waals surface area contributed by atoms with Gasteiger partial charge in [0, 0.05) is 20.6 Å². The molecule has 0 spiro atoms. The summed E-state index contributed by atoms with van der Waals surface area (Å²) < 4.78 is 0. The average molecular weight is 305 g/mol. The topological polar surface area (TPSA) is 57.3 Å². The molecule has 1 aromatic rings. The van der Waals surface area contributed by atoms with Crippen molar-refractivity contribution in [3.05, 3.63) is 16.1 Å². The number of nitrogens with one attached hydrogen (secondary N) is 2. The summed E-state index contributed by atoms with van der Waals surface area (Å²) in [4.78, 5) is 17.4. The number of hydrogen-bond acceptors (Lipinski definition) is 4. The molecule has 19 heavy (non-hydrogen) atoms. The Morgan fingerprint density at radius 3 is 2.68 bits per heavy atom. The number of amides is 1. The molecule has 0 aliphatic carbocycles. The molecule has 1 amide bonds. The Bertz CT molecular complexity index is 454. The number of pyridine rings is 1. The fraction of sp³-hybridized carbons (Fsp3) is 0.500. The molecule has 1 heterocycles. The molecule has 2 N–H and O–H groups in total. The summed E-state index contributed by atoms with van der Waals surface area (Å²) in [6.45, 7) is 3.00. The minimum Gasteiger partial charge on any atom is -0.369 e. The molecule has 0 saturated carbocycles. The Hall–Kier alpha value is -1.20. The van der Waals surface area contributed by atoms with Crippen LogP contribution in [0.1, 0.15) is 13.3 Å². The van der Waals surface area contributed by atoms with Crippen LogP contribution in [0.2, 0.25) is 10.0 Å². The van der Waals surface area contributed by atoms with Crippen molar-refractivity contribution in [1.82, 2.24) is 10.3 Å². The Kier molecular flexibility index (Phi) is 6.18. The van der Waals surface area contributed by atoms with Gasteiger partial charge in [-0.3, -0.25) is 4.79 Å². The van der Waals surface area contributed by atoms with Crippen LogP contribution in [0.3, 0.4) is 0 Å². The van der Waals surface area contributed by atoms with E-state index in [0.717, 1.165) is 13.0 Å². The summed E-state index contributed by atoms with van der Waals surface area (Å²) in [5, 5.41) is 6.56. The highest BCUT2D eigenvalue weighted by Gasteiger charge is 2.14. The largest absolute Gasteiger partial charge is 0.369 e. The highest BCUT2D eigenvalue weighted by molar-refractivity contribution is 6.37. The summed E-state index contributed by atoms with van der Waals surface area (Å²) in [7, 11) is 3.34. The van der Waals surface area contributed by atoms with E-state index in [-0.39, 0.29) is 12.5 Å². The van der Waals surface area contributed by atoms with Gasteiger partial charge in [0.15, 0.2) is 0 Å². The molecule has 0 bridgehead atoms. The number of rotatable bonds is 6. The fourth-order valence-electron chi connectivity index (χ4n) is 1.46. The standard InChI is InChI=1S/C12H18Cl2N4O/c1-4-5-16-11-8(13)6-9(14)12(17-11)18(3)7-10(19)15-2/h6H,4-5,7H2,1-3H3,(H,15,19)(H,16,17). The Morgan fingerprint density at radius 1 is 1.42 bits per heavy atom. The van der Waals surface area contributed by atoms with Gasteiger partial charge >= 0.3 is 0 Å². The van der Waals surface area contributed by atoms with E-state index >= 15 is 0 Å². The molecule has 0 radical (unpaired) electrons. The third kappa shape index (κ3) is 4.44. The van der Waals surface area contributed by atoms with Gasteiger partial charge in [0.1, 0.15) is 11.6 Å². The molecule has 0 fully saturated rings. The van der Waals surface area contributed by atoms with Crippen molar-refractivity contribution in [2.24, 2.45) is 0 Å². The maximum Gasteiger partial charge on any atom is 0.239 e. The summed E-state index contributed by atoms with van der Waals surface area (Å²) in [6, 6.07) is 1.63. The molecule has 0 saturated heterocycles. The second kappa shape index (κ2) is 7.40. The van der Waals surface area contributed by atoms with Crippen molar-refractivity contribution in [1.29, 1.82) is 0 Å². The monoisotopic (exact) mass is 304 g/mol. The minimum absolute atomic E-state index is 0.113. The first-order chi connectivity index (χ1) is 8.99. The van der Waals surface area contributed by atoms with Gasteiger partial charge in [-0.15, -0.1) is 0 Å². The molecule has 0 aliphatic rings. The van der Waals surface area contributed by atoms with E-state index < -0.39 is 0 Å². The number of aromatic nitrogens is 1. The second-order valence-corrected chi connectivity index (χ2v) is 4.89. The molecule has 106 valence electrons. The van der Waals surface area contributed by atoms with Crippen LogP contribution in [0.4, 0.5) is 11.6 Å². The number of halogens is 2. The van der Waals surface area contributed by atoms with Gasteiger partial charge in [-0.1, -0.05) is 30.1 Å². The lowest BCUT2D eigenvalue weighted by Gasteiger charge is -2.20. The molecule has 7 heteroatoms. The van der Waals surface area contributed by atoms with E-state index in [2.05, 4.69) is 22.5 Å². The highest BCUT2D eigenvalue weighted by atomic mass is 35.5. The molecule has 0 atom stereocenters. The minimum atomic E-state index is -0.113. The summed E-state index contributed by atoms with van der Waals surface area (Å²) >= 11 is 12.2. The number of carbonyl (C=O) groups excluding carboxylic acids is 1. The molecular formula is C12H18Cl2N4O. The molecule has 1 aromatic heterocycles. The van der Waals surface area contributed by atoms with Gasteiger partial charge in [0.05, 0.1) is 16.6 Å². The summed E-state index contributed by atoms with van der Waals surface area (Å²) in [5.41, 5.74) is 0. The van der Waals surface area contributed by atoms with Gasteiger partial charge in [0.2, 0.25) is 5.91 Å². The van der Waals surface area contributed by atoms with Crippen LogP contribution >= 0.6 is 23.2 Å². The number of anilines is 2. The SMILES string of the molecule is CCCNc1nc(N(C)CC(=O)NC)c(Cl)cc1Cl. The lowest BCUT2D eigenvalue weighted by molar-refractivity contribution is -0.119. The number of likely N-dealkylation sites (N-methyl/N-ethyl adjacent to an activating group) is 2. The second-order valence-electron chi connectivity index (χ2n) is 4.08.